The summed E-state index contributed by atoms with van der Waals surface area (Å²) >= 11 is 0. The van der Waals surface area contributed by atoms with Crippen LogP contribution in [0.25, 0.3) is 0 Å². The lowest BCUT2D eigenvalue weighted by molar-refractivity contribution is 0.199. The fraction of sp³-hybridized carbons (Fsp3) is 0.545. The van der Waals surface area contributed by atoms with Crippen LogP contribution in [-0.4, -0.2) is 35.5 Å². The van der Waals surface area contributed by atoms with Crippen molar-refractivity contribution in [3.8, 4) is 5.75 Å². The minimum atomic E-state index is -0.123. The van der Waals surface area contributed by atoms with Gasteiger partial charge in [-0.2, -0.15) is 0 Å². The summed E-state index contributed by atoms with van der Waals surface area (Å²) in [7, 11) is 1.63. The molecule has 3 N–H and O–H groups in total. The first-order chi connectivity index (χ1) is 7.70. The van der Waals surface area contributed by atoms with Crippen molar-refractivity contribution >= 4 is 0 Å². The van der Waals surface area contributed by atoms with Gasteiger partial charge < -0.3 is 20.3 Å². The van der Waals surface area contributed by atoms with Crippen LogP contribution in [0.1, 0.15) is 16.8 Å². The lowest BCUT2D eigenvalue weighted by Crippen LogP contribution is -2.19. The molecule has 0 spiro atoms. The highest BCUT2D eigenvalue weighted by Crippen LogP contribution is 2.23. The van der Waals surface area contributed by atoms with Crippen molar-refractivity contribution in [2.45, 2.75) is 20.1 Å². The number of hydrogen-bond acceptors (Lipinski definition) is 5. The summed E-state index contributed by atoms with van der Waals surface area (Å²) < 4.78 is 4.90. The minimum absolute atomic E-state index is 0.123. The van der Waals surface area contributed by atoms with Crippen LogP contribution in [0.2, 0.25) is 0 Å². The van der Waals surface area contributed by atoms with Crippen LogP contribution in [0, 0.1) is 6.92 Å². The summed E-state index contributed by atoms with van der Waals surface area (Å²) in [5.41, 5.74) is 1.92. The largest absolute Gasteiger partial charge is 0.506 e. The minimum Gasteiger partial charge on any atom is -0.506 e. The Morgan fingerprint density at radius 2 is 2.25 bits per heavy atom. The molecule has 5 heteroatoms. The van der Waals surface area contributed by atoms with E-state index in [0.717, 1.165) is 0 Å². The number of aliphatic hydroxyl groups excluding tert-OH is 1. The Morgan fingerprint density at radius 1 is 1.50 bits per heavy atom. The fourth-order valence-electron chi connectivity index (χ4n) is 1.41. The Balaban J connectivity index is 2.72. The molecule has 1 aromatic heterocycles. The third-order valence-corrected chi connectivity index (χ3v) is 2.39. The average Bonchev–Trinajstić information content (AvgIpc) is 2.30. The van der Waals surface area contributed by atoms with E-state index in [1.807, 2.05) is 0 Å². The molecule has 0 aliphatic rings. The summed E-state index contributed by atoms with van der Waals surface area (Å²) in [6, 6.07) is 0. The molecule has 0 atom stereocenters. The first-order valence-corrected chi connectivity index (χ1v) is 5.17. The SMILES string of the molecule is COCCNCc1c(CO)cnc(C)c1O. The van der Waals surface area contributed by atoms with Crippen LogP contribution in [0.5, 0.6) is 5.75 Å². The molecule has 16 heavy (non-hydrogen) atoms. The molecule has 0 saturated heterocycles. The molecule has 0 unspecified atom stereocenters. The van der Waals surface area contributed by atoms with Crippen LogP contribution < -0.4 is 5.32 Å². The van der Waals surface area contributed by atoms with Gasteiger partial charge in [-0.3, -0.25) is 4.98 Å². The molecule has 0 aromatic carbocycles. The van der Waals surface area contributed by atoms with Crippen LogP contribution in [0.15, 0.2) is 6.20 Å². The lowest BCUT2D eigenvalue weighted by Gasteiger charge is -2.12. The molecular formula is C11H18N2O3. The molecular weight excluding hydrogens is 208 g/mol. The standard InChI is InChI=1S/C11H18N2O3/c1-8-11(15)10(6-12-3-4-16-2)9(7-14)5-13-8/h5,12,14-15H,3-4,6-7H2,1-2H3. The lowest BCUT2D eigenvalue weighted by atomic mass is 10.1. The number of aromatic hydroxyl groups is 1. The summed E-state index contributed by atoms with van der Waals surface area (Å²) in [6.45, 7) is 3.41. The van der Waals surface area contributed by atoms with Crippen molar-refractivity contribution in [2.24, 2.45) is 0 Å². The second-order valence-electron chi connectivity index (χ2n) is 3.52. The van der Waals surface area contributed by atoms with Gasteiger partial charge in [0.25, 0.3) is 0 Å². The molecule has 90 valence electrons. The van der Waals surface area contributed by atoms with Gasteiger partial charge in [0.1, 0.15) is 5.75 Å². The van der Waals surface area contributed by atoms with Crippen molar-refractivity contribution in [3.63, 3.8) is 0 Å². The summed E-state index contributed by atoms with van der Waals surface area (Å²) in [6.07, 6.45) is 1.59. The van der Waals surface area contributed by atoms with Gasteiger partial charge in [-0.1, -0.05) is 0 Å². The number of methoxy groups -OCH3 is 1. The molecule has 0 fully saturated rings. The first kappa shape index (κ1) is 12.9. The molecule has 0 aliphatic carbocycles. The Morgan fingerprint density at radius 3 is 2.88 bits per heavy atom. The molecule has 0 radical (unpaired) electrons. The maximum Gasteiger partial charge on any atom is 0.141 e. The van der Waals surface area contributed by atoms with Crippen LogP contribution in [-0.2, 0) is 17.9 Å². The molecule has 0 amide bonds. The van der Waals surface area contributed by atoms with E-state index < -0.39 is 0 Å². The number of rotatable bonds is 6. The molecule has 1 heterocycles. The van der Waals surface area contributed by atoms with Gasteiger partial charge in [0.15, 0.2) is 0 Å². The van der Waals surface area contributed by atoms with E-state index in [9.17, 15) is 5.11 Å². The Bertz CT molecular complexity index is 342. The van der Waals surface area contributed by atoms with Crippen molar-refractivity contribution in [3.05, 3.63) is 23.0 Å². The molecule has 0 aliphatic heterocycles. The quantitative estimate of drug-likeness (QED) is 0.609. The zero-order chi connectivity index (χ0) is 12.0. The van der Waals surface area contributed by atoms with E-state index in [1.165, 1.54) is 0 Å². The molecule has 0 bridgehead atoms. The number of aryl methyl sites for hydroxylation is 1. The predicted molar refractivity (Wildman–Crippen MR) is 60.1 cm³/mol. The number of nitrogens with zero attached hydrogens (tertiary/aromatic N) is 1. The number of pyridine rings is 1. The predicted octanol–water partition coefficient (Wildman–Crippen LogP) is 0.324. The molecule has 5 nitrogen and oxygen atoms in total. The highest BCUT2D eigenvalue weighted by molar-refractivity contribution is 5.40. The summed E-state index contributed by atoms with van der Waals surface area (Å²) in [5, 5.41) is 22.1. The van der Waals surface area contributed by atoms with Crippen LogP contribution in [0.4, 0.5) is 0 Å². The molecule has 1 aromatic rings. The van der Waals surface area contributed by atoms with Gasteiger partial charge >= 0.3 is 0 Å². The maximum absolute atomic E-state index is 9.82. The van der Waals surface area contributed by atoms with Crippen molar-refractivity contribution in [1.29, 1.82) is 0 Å². The monoisotopic (exact) mass is 226 g/mol. The van der Waals surface area contributed by atoms with Crippen LogP contribution >= 0.6 is 0 Å². The second kappa shape index (κ2) is 6.42. The van der Waals surface area contributed by atoms with Crippen molar-refractivity contribution in [1.82, 2.24) is 10.3 Å². The Labute approximate surface area is 95.1 Å². The highest BCUT2D eigenvalue weighted by Gasteiger charge is 2.10. The number of hydrogen-bond donors (Lipinski definition) is 3. The zero-order valence-electron chi connectivity index (χ0n) is 9.66. The number of nitrogens with one attached hydrogen (secondary N) is 1. The van der Waals surface area contributed by atoms with Crippen molar-refractivity contribution < 1.29 is 14.9 Å². The summed E-state index contributed by atoms with van der Waals surface area (Å²) in [4.78, 5) is 3.99. The van der Waals surface area contributed by atoms with E-state index in [1.54, 1.807) is 20.2 Å². The molecule has 0 saturated carbocycles. The third-order valence-electron chi connectivity index (χ3n) is 2.39. The Hall–Kier alpha value is -1.17. The summed E-state index contributed by atoms with van der Waals surface area (Å²) in [5.74, 6) is 0.150. The maximum atomic E-state index is 9.82. The van der Waals surface area contributed by atoms with Crippen LogP contribution in [0.3, 0.4) is 0 Å². The topological polar surface area (TPSA) is 74.6 Å². The van der Waals surface area contributed by atoms with E-state index in [2.05, 4.69) is 10.3 Å². The average molecular weight is 226 g/mol. The first-order valence-electron chi connectivity index (χ1n) is 5.17. The van der Waals surface area contributed by atoms with Crippen molar-refractivity contribution in [2.75, 3.05) is 20.3 Å². The van der Waals surface area contributed by atoms with E-state index >= 15 is 0 Å². The van der Waals surface area contributed by atoms with Gasteiger partial charge in [0.05, 0.1) is 18.9 Å². The smallest absolute Gasteiger partial charge is 0.141 e. The second-order valence-corrected chi connectivity index (χ2v) is 3.52. The molecule has 1 rings (SSSR count). The van der Waals surface area contributed by atoms with E-state index in [4.69, 9.17) is 9.84 Å². The Kier molecular flexibility index (Phi) is 5.18. The number of aromatic nitrogens is 1. The fourth-order valence-corrected chi connectivity index (χ4v) is 1.41. The third kappa shape index (κ3) is 3.16. The number of ether oxygens (including phenoxy) is 1. The van der Waals surface area contributed by atoms with E-state index in [-0.39, 0.29) is 12.4 Å². The van der Waals surface area contributed by atoms with Gasteiger partial charge in [-0.05, 0) is 6.92 Å². The van der Waals surface area contributed by atoms with Gasteiger partial charge in [-0.25, -0.2) is 0 Å². The van der Waals surface area contributed by atoms with Gasteiger partial charge in [0, 0.05) is 37.5 Å². The zero-order valence-corrected chi connectivity index (χ0v) is 9.66. The normalized spacial score (nSPS) is 10.7. The highest BCUT2D eigenvalue weighted by atomic mass is 16.5. The van der Waals surface area contributed by atoms with E-state index in [0.29, 0.717) is 36.5 Å². The van der Waals surface area contributed by atoms with Gasteiger partial charge in [0.2, 0.25) is 0 Å². The number of aliphatic hydroxyl groups is 1. The van der Waals surface area contributed by atoms with Gasteiger partial charge in [-0.15, -0.1) is 0 Å².